The van der Waals surface area contributed by atoms with Crippen molar-refractivity contribution in [2.75, 3.05) is 0 Å². The Morgan fingerprint density at radius 3 is 2.65 bits per heavy atom. The van der Waals surface area contributed by atoms with Crippen LogP contribution in [0.25, 0.3) is 0 Å². The third-order valence-corrected chi connectivity index (χ3v) is 2.92. The number of benzene rings is 1. The third-order valence-electron chi connectivity index (χ3n) is 2.92. The van der Waals surface area contributed by atoms with Gasteiger partial charge in [-0.2, -0.15) is 0 Å². The summed E-state index contributed by atoms with van der Waals surface area (Å²) in [6, 6.07) is 5.91. The SMILES string of the molecule is Cc1ccc(C(=O)Cn2ccnc2C)c(C)c1. The smallest absolute Gasteiger partial charge is 0.182 e. The molecular formula is C14H16N2O. The normalized spacial score (nSPS) is 10.5. The summed E-state index contributed by atoms with van der Waals surface area (Å²) in [5, 5.41) is 0. The summed E-state index contributed by atoms with van der Waals surface area (Å²) < 4.78 is 1.86. The first-order valence-electron chi connectivity index (χ1n) is 5.66. The van der Waals surface area contributed by atoms with Gasteiger partial charge in [0.05, 0.1) is 6.54 Å². The van der Waals surface area contributed by atoms with Crippen LogP contribution in [-0.4, -0.2) is 15.3 Å². The molecule has 0 aliphatic carbocycles. The van der Waals surface area contributed by atoms with Crippen molar-refractivity contribution in [3.8, 4) is 0 Å². The van der Waals surface area contributed by atoms with Crippen molar-refractivity contribution in [1.82, 2.24) is 9.55 Å². The lowest BCUT2D eigenvalue weighted by Crippen LogP contribution is -2.12. The van der Waals surface area contributed by atoms with E-state index in [1.54, 1.807) is 6.20 Å². The Labute approximate surface area is 101 Å². The van der Waals surface area contributed by atoms with Gasteiger partial charge >= 0.3 is 0 Å². The maximum absolute atomic E-state index is 12.1. The average Bonchev–Trinajstić information content (AvgIpc) is 2.64. The summed E-state index contributed by atoms with van der Waals surface area (Å²) in [5.74, 6) is 0.992. The molecule has 0 bridgehead atoms. The summed E-state index contributed by atoms with van der Waals surface area (Å²) in [4.78, 5) is 16.3. The summed E-state index contributed by atoms with van der Waals surface area (Å²) in [5.41, 5.74) is 3.01. The van der Waals surface area contributed by atoms with E-state index < -0.39 is 0 Å². The van der Waals surface area contributed by atoms with Gasteiger partial charge in [-0.1, -0.05) is 23.8 Å². The predicted molar refractivity (Wildman–Crippen MR) is 67.2 cm³/mol. The summed E-state index contributed by atoms with van der Waals surface area (Å²) in [7, 11) is 0. The number of ketones is 1. The Morgan fingerprint density at radius 2 is 2.06 bits per heavy atom. The fraction of sp³-hybridized carbons (Fsp3) is 0.286. The molecule has 1 aromatic heterocycles. The van der Waals surface area contributed by atoms with Gasteiger partial charge in [-0.15, -0.1) is 0 Å². The number of imidazole rings is 1. The fourth-order valence-electron chi connectivity index (χ4n) is 1.94. The second kappa shape index (κ2) is 4.53. The number of Topliss-reactive ketones (excluding diaryl/α,β-unsaturated/α-hetero) is 1. The zero-order valence-electron chi connectivity index (χ0n) is 10.4. The van der Waals surface area contributed by atoms with Crippen molar-refractivity contribution >= 4 is 5.78 Å². The Balaban J connectivity index is 2.23. The molecule has 0 fully saturated rings. The zero-order chi connectivity index (χ0) is 12.4. The Morgan fingerprint density at radius 1 is 1.29 bits per heavy atom. The number of carbonyl (C=O) groups is 1. The van der Waals surface area contributed by atoms with Gasteiger partial charge < -0.3 is 4.57 Å². The number of carbonyl (C=O) groups excluding carboxylic acids is 1. The third kappa shape index (κ3) is 2.44. The first-order chi connectivity index (χ1) is 8.08. The molecule has 0 radical (unpaired) electrons. The van der Waals surface area contributed by atoms with Crippen molar-refractivity contribution in [3.63, 3.8) is 0 Å². The molecule has 0 N–H and O–H groups in total. The molecule has 1 aromatic carbocycles. The Bertz CT molecular complexity index is 555. The molecule has 2 rings (SSSR count). The lowest BCUT2D eigenvalue weighted by molar-refractivity contribution is 0.0970. The maximum Gasteiger partial charge on any atom is 0.182 e. The maximum atomic E-state index is 12.1. The van der Waals surface area contributed by atoms with Gasteiger partial charge in [0.15, 0.2) is 5.78 Å². The molecule has 88 valence electrons. The number of aryl methyl sites for hydroxylation is 3. The minimum Gasteiger partial charge on any atom is -0.327 e. The second-order valence-corrected chi connectivity index (χ2v) is 4.34. The van der Waals surface area contributed by atoms with Crippen molar-refractivity contribution in [1.29, 1.82) is 0 Å². The number of hydrogen-bond donors (Lipinski definition) is 0. The molecule has 3 nitrogen and oxygen atoms in total. The largest absolute Gasteiger partial charge is 0.327 e. The first kappa shape index (κ1) is 11.6. The van der Waals surface area contributed by atoms with Crippen LogP contribution in [0.3, 0.4) is 0 Å². The van der Waals surface area contributed by atoms with E-state index in [4.69, 9.17) is 0 Å². The lowest BCUT2D eigenvalue weighted by Gasteiger charge is -2.07. The molecule has 0 amide bonds. The molecule has 3 heteroatoms. The van der Waals surface area contributed by atoms with Crippen LogP contribution < -0.4 is 0 Å². The van der Waals surface area contributed by atoms with E-state index in [1.165, 1.54) is 5.56 Å². The van der Waals surface area contributed by atoms with E-state index in [0.717, 1.165) is 17.0 Å². The standard InChI is InChI=1S/C14H16N2O/c1-10-4-5-13(11(2)8-10)14(17)9-16-7-6-15-12(16)3/h4-8H,9H2,1-3H3. The molecule has 0 aliphatic heterocycles. The minimum absolute atomic E-state index is 0.128. The molecule has 0 atom stereocenters. The molecule has 0 aliphatic rings. The van der Waals surface area contributed by atoms with Crippen LogP contribution >= 0.6 is 0 Å². The number of aromatic nitrogens is 2. The lowest BCUT2D eigenvalue weighted by atomic mass is 10.0. The van der Waals surface area contributed by atoms with Gasteiger partial charge in [0.2, 0.25) is 0 Å². The summed E-state index contributed by atoms with van der Waals surface area (Å²) in [6.45, 7) is 6.26. The van der Waals surface area contributed by atoms with Crippen molar-refractivity contribution in [2.24, 2.45) is 0 Å². The summed E-state index contributed by atoms with van der Waals surface area (Å²) in [6.07, 6.45) is 3.54. The highest BCUT2D eigenvalue weighted by molar-refractivity contribution is 5.97. The van der Waals surface area contributed by atoms with Crippen LogP contribution in [0.2, 0.25) is 0 Å². The van der Waals surface area contributed by atoms with Gasteiger partial charge in [0.1, 0.15) is 5.82 Å². The van der Waals surface area contributed by atoms with Crippen LogP contribution in [0.4, 0.5) is 0 Å². The molecule has 0 unspecified atom stereocenters. The van der Waals surface area contributed by atoms with E-state index in [2.05, 4.69) is 4.98 Å². The van der Waals surface area contributed by atoms with E-state index in [-0.39, 0.29) is 5.78 Å². The fourth-order valence-corrected chi connectivity index (χ4v) is 1.94. The van der Waals surface area contributed by atoms with Crippen LogP contribution in [-0.2, 0) is 6.54 Å². The van der Waals surface area contributed by atoms with Crippen molar-refractivity contribution < 1.29 is 4.79 Å². The zero-order valence-corrected chi connectivity index (χ0v) is 10.4. The minimum atomic E-state index is 0.128. The molecule has 0 saturated carbocycles. The number of hydrogen-bond acceptors (Lipinski definition) is 2. The Hall–Kier alpha value is -1.90. The van der Waals surface area contributed by atoms with E-state index in [9.17, 15) is 4.79 Å². The van der Waals surface area contributed by atoms with Gasteiger partial charge in [0, 0.05) is 18.0 Å². The van der Waals surface area contributed by atoms with Crippen LogP contribution in [0.15, 0.2) is 30.6 Å². The van der Waals surface area contributed by atoms with Gasteiger partial charge in [-0.05, 0) is 26.3 Å². The van der Waals surface area contributed by atoms with Crippen LogP contribution in [0, 0.1) is 20.8 Å². The van der Waals surface area contributed by atoms with Gasteiger partial charge in [-0.25, -0.2) is 4.98 Å². The quantitative estimate of drug-likeness (QED) is 0.757. The number of nitrogens with zero attached hydrogens (tertiary/aromatic N) is 2. The highest BCUT2D eigenvalue weighted by Gasteiger charge is 2.10. The molecular weight excluding hydrogens is 212 g/mol. The Kier molecular flexibility index (Phi) is 3.09. The monoisotopic (exact) mass is 228 g/mol. The van der Waals surface area contributed by atoms with Crippen LogP contribution in [0.5, 0.6) is 0 Å². The second-order valence-electron chi connectivity index (χ2n) is 4.34. The van der Waals surface area contributed by atoms with E-state index >= 15 is 0 Å². The van der Waals surface area contributed by atoms with E-state index in [1.807, 2.05) is 49.7 Å². The first-order valence-corrected chi connectivity index (χ1v) is 5.66. The topological polar surface area (TPSA) is 34.9 Å². The highest BCUT2D eigenvalue weighted by Crippen LogP contribution is 2.12. The summed E-state index contributed by atoms with van der Waals surface area (Å²) >= 11 is 0. The molecule has 2 aromatic rings. The average molecular weight is 228 g/mol. The van der Waals surface area contributed by atoms with Gasteiger partial charge in [-0.3, -0.25) is 4.79 Å². The molecule has 0 saturated heterocycles. The number of rotatable bonds is 3. The molecule has 0 spiro atoms. The van der Waals surface area contributed by atoms with Crippen molar-refractivity contribution in [3.05, 3.63) is 53.1 Å². The predicted octanol–water partition coefficient (Wildman–Crippen LogP) is 2.69. The van der Waals surface area contributed by atoms with Crippen molar-refractivity contribution in [2.45, 2.75) is 27.3 Å². The highest BCUT2D eigenvalue weighted by atomic mass is 16.1. The van der Waals surface area contributed by atoms with Crippen LogP contribution in [0.1, 0.15) is 27.3 Å². The molecule has 1 heterocycles. The molecule has 17 heavy (non-hydrogen) atoms. The van der Waals surface area contributed by atoms with E-state index in [0.29, 0.717) is 6.54 Å². The van der Waals surface area contributed by atoms with Gasteiger partial charge in [0.25, 0.3) is 0 Å².